The minimum atomic E-state index is -3.74. The molecule has 0 unspecified atom stereocenters. The summed E-state index contributed by atoms with van der Waals surface area (Å²) in [5.74, 6) is 0.793. The number of nitrogens with zero attached hydrogens (tertiary/aromatic N) is 1. The van der Waals surface area contributed by atoms with Crippen LogP contribution in [0.4, 0.5) is 5.82 Å². The number of rotatable bonds is 4. The van der Waals surface area contributed by atoms with E-state index in [0.29, 0.717) is 16.9 Å². The van der Waals surface area contributed by atoms with Crippen LogP contribution in [0.3, 0.4) is 0 Å². The Kier molecular flexibility index (Phi) is 4.39. The molecule has 0 aliphatic rings. The fraction of sp³-hybridized carbons (Fsp3) is 0.214. The SMILES string of the molecule is COc1cc(C)c(S(=O)(=O)Nc2cccc(Cl)n2)c(C)c1. The first kappa shape index (κ1) is 15.6. The zero-order valence-corrected chi connectivity index (χ0v) is 13.4. The summed E-state index contributed by atoms with van der Waals surface area (Å²) in [5, 5.41) is 0.221. The Labute approximate surface area is 129 Å². The first-order valence-electron chi connectivity index (χ1n) is 6.14. The summed E-state index contributed by atoms with van der Waals surface area (Å²) in [6.07, 6.45) is 0. The smallest absolute Gasteiger partial charge is 0.263 e. The van der Waals surface area contributed by atoms with E-state index < -0.39 is 10.0 Å². The van der Waals surface area contributed by atoms with Gasteiger partial charge in [-0.15, -0.1) is 0 Å². The quantitative estimate of drug-likeness (QED) is 0.876. The Morgan fingerprint density at radius 2 is 1.81 bits per heavy atom. The van der Waals surface area contributed by atoms with Crippen molar-refractivity contribution in [1.82, 2.24) is 4.98 Å². The number of methoxy groups -OCH3 is 1. The third-order valence-corrected chi connectivity index (χ3v) is 4.76. The second-order valence-corrected chi connectivity index (χ2v) is 6.55. The number of hydrogen-bond donors (Lipinski definition) is 1. The first-order valence-corrected chi connectivity index (χ1v) is 8.00. The Morgan fingerprint density at radius 1 is 1.19 bits per heavy atom. The highest BCUT2D eigenvalue weighted by Crippen LogP contribution is 2.27. The van der Waals surface area contributed by atoms with Gasteiger partial charge in [0.05, 0.1) is 12.0 Å². The number of aryl methyl sites for hydroxylation is 2. The molecular weight excluding hydrogens is 312 g/mol. The second kappa shape index (κ2) is 5.91. The predicted molar refractivity (Wildman–Crippen MR) is 82.5 cm³/mol. The first-order chi connectivity index (χ1) is 9.83. The van der Waals surface area contributed by atoms with Crippen LogP contribution in [0.2, 0.25) is 5.15 Å². The van der Waals surface area contributed by atoms with Crippen molar-refractivity contribution in [3.05, 3.63) is 46.6 Å². The molecule has 0 amide bonds. The normalized spacial score (nSPS) is 11.2. The van der Waals surface area contributed by atoms with Gasteiger partial charge in [-0.2, -0.15) is 0 Å². The third kappa shape index (κ3) is 3.46. The van der Waals surface area contributed by atoms with Crippen LogP contribution in [0.15, 0.2) is 35.2 Å². The van der Waals surface area contributed by atoms with Crippen molar-refractivity contribution >= 4 is 27.4 Å². The van der Waals surface area contributed by atoms with E-state index in [2.05, 4.69) is 9.71 Å². The fourth-order valence-corrected chi connectivity index (χ4v) is 3.73. The fourth-order valence-electron chi connectivity index (χ4n) is 2.11. The van der Waals surface area contributed by atoms with Gasteiger partial charge in [0, 0.05) is 0 Å². The van der Waals surface area contributed by atoms with Crippen LogP contribution >= 0.6 is 11.6 Å². The number of halogens is 1. The van der Waals surface area contributed by atoms with Gasteiger partial charge in [0.25, 0.3) is 10.0 Å². The summed E-state index contributed by atoms with van der Waals surface area (Å²) in [6, 6.07) is 8.09. The Balaban J connectivity index is 2.45. The zero-order chi connectivity index (χ0) is 15.6. The van der Waals surface area contributed by atoms with E-state index in [-0.39, 0.29) is 15.9 Å². The van der Waals surface area contributed by atoms with Gasteiger partial charge in [-0.3, -0.25) is 4.72 Å². The maximum atomic E-state index is 12.5. The lowest BCUT2D eigenvalue weighted by Crippen LogP contribution is -2.16. The number of benzene rings is 1. The minimum Gasteiger partial charge on any atom is -0.497 e. The number of aromatic nitrogens is 1. The summed E-state index contributed by atoms with van der Waals surface area (Å²) >= 11 is 5.76. The molecule has 7 heteroatoms. The summed E-state index contributed by atoms with van der Waals surface area (Å²) in [4.78, 5) is 4.14. The van der Waals surface area contributed by atoms with Crippen LogP contribution in [-0.4, -0.2) is 20.5 Å². The molecule has 1 aromatic carbocycles. The molecule has 0 aliphatic carbocycles. The Bertz CT molecular complexity index is 753. The maximum absolute atomic E-state index is 12.5. The molecule has 1 N–H and O–H groups in total. The monoisotopic (exact) mass is 326 g/mol. The van der Waals surface area contributed by atoms with E-state index in [1.807, 2.05) is 0 Å². The molecule has 112 valence electrons. The van der Waals surface area contributed by atoms with Crippen molar-refractivity contribution in [2.45, 2.75) is 18.7 Å². The molecule has 0 saturated heterocycles. The van der Waals surface area contributed by atoms with Crippen molar-refractivity contribution < 1.29 is 13.2 Å². The summed E-state index contributed by atoms with van der Waals surface area (Å²) in [5.41, 5.74) is 1.20. The number of pyridine rings is 1. The standard InChI is InChI=1S/C14H15ClN2O3S/c1-9-7-11(20-3)8-10(2)14(9)21(18,19)17-13-6-4-5-12(15)16-13/h4-8H,1-3H3,(H,16,17). The van der Waals surface area contributed by atoms with Gasteiger partial charge in [0.1, 0.15) is 16.7 Å². The molecule has 0 fully saturated rings. The number of hydrogen-bond acceptors (Lipinski definition) is 4. The highest BCUT2D eigenvalue weighted by atomic mass is 35.5. The van der Waals surface area contributed by atoms with Gasteiger partial charge in [-0.05, 0) is 49.2 Å². The van der Waals surface area contributed by atoms with Gasteiger partial charge in [0.15, 0.2) is 0 Å². The zero-order valence-electron chi connectivity index (χ0n) is 11.8. The lowest BCUT2D eigenvalue weighted by atomic mass is 10.1. The van der Waals surface area contributed by atoms with E-state index in [0.717, 1.165) is 0 Å². The summed E-state index contributed by atoms with van der Waals surface area (Å²) < 4.78 is 32.6. The molecule has 1 aromatic heterocycles. The van der Waals surface area contributed by atoms with Gasteiger partial charge in [-0.25, -0.2) is 13.4 Å². The predicted octanol–water partition coefficient (Wildman–Crippen LogP) is 3.16. The van der Waals surface area contributed by atoms with E-state index in [1.165, 1.54) is 13.2 Å². The van der Waals surface area contributed by atoms with Crippen LogP contribution in [0.5, 0.6) is 5.75 Å². The molecule has 21 heavy (non-hydrogen) atoms. The van der Waals surface area contributed by atoms with E-state index in [9.17, 15) is 8.42 Å². The molecule has 2 rings (SSSR count). The number of ether oxygens (including phenoxy) is 1. The summed E-state index contributed by atoms with van der Waals surface area (Å²) in [6.45, 7) is 3.44. The molecule has 2 aromatic rings. The molecule has 0 atom stereocenters. The summed E-state index contributed by atoms with van der Waals surface area (Å²) in [7, 11) is -2.20. The minimum absolute atomic E-state index is 0.178. The second-order valence-electron chi connectivity index (χ2n) is 4.54. The molecule has 0 radical (unpaired) electrons. The number of sulfonamides is 1. The molecule has 0 spiro atoms. The maximum Gasteiger partial charge on any atom is 0.263 e. The molecule has 0 aliphatic heterocycles. The lowest BCUT2D eigenvalue weighted by Gasteiger charge is -2.14. The third-order valence-electron chi connectivity index (χ3n) is 2.89. The van der Waals surface area contributed by atoms with Gasteiger partial charge >= 0.3 is 0 Å². The van der Waals surface area contributed by atoms with E-state index in [1.54, 1.807) is 38.1 Å². The van der Waals surface area contributed by atoms with Gasteiger partial charge in [-0.1, -0.05) is 17.7 Å². The molecule has 5 nitrogen and oxygen atoms in total. The van der Waals surface area contributed by atoms with Crippen LogP contribution < -0.4 is 9.46 Å². The van der Waals surface area contributed by atoms with Crippen LogP contribution in [0.1, 0.15) is 11.1 Å². The van der Waals surface area contributed by atoms with Crippen molar-refractivity contribution in [3.63, 3.8) is 0 Å². The number of nitrogens with one attached hydrogen (secondary N) is 1. The highest BCUT2D eigenvalue weighted by Gasteiger charge is 2.21. The van der Waals surface area contributed by atoms with Gasteiger partial charge < -0.3 is 4.74 Å². The van der Waals surface area contributed by atoms with Crippen molar-refractivity contribution in [1.29, 1.82) is 0 Å². The van der Waals surface area contributed by atoms with E-state index in [4.69, 9.17) is 16.3 Å². The van der Waals surface area contributed by atoms with Crippen molar-refractivity contribution in [2.75, 3.05) is 11.8 Å². The molecule has 1 heterocycles. The van der Waals surface area contributed by atoms with Crippen molar-refractivity contribution in [2.24, 2.45) is 0 Å². The lowest BCUT2D eigenvalue weighted by molar-refractivity contribution is 0.413. The topological polar surface area (TPSA) is 68.3 Å². The highest BCUT2D eigenvalue weighted by molar-refractivity contribution is 7.92. The largest absolute Gasteiger partial charge is 0.497 e. The average molecular weight is 327 g/mol. The molecule has 0 bridgehead atoms. The molecular formula is C14H15ClN2O3S. The van der Waals surface area contributed by atoms with Crippen molar-refractivity contribution in [3.8, 4) is 5.75 Å². The van der Waals surface area contributed by atoms with Crippen LogP contribution in [-0.2, 0) is 10.0 Å². The van der Waals surface area contributed by atoms with E-state index >= 15 is 0 Å². The van der Waals surface area contributed by atoms with Crippen LogP contribution in [0.25, 0.3) is 0 Å². The van der Waals surface area contributed by atoms with Gasteiger partial charge in [0.2, 0.25) is 0 Å². The Morgan fingerprint density at radius 3 is 2.33 bits per heavy atom. The number of anilines is 1. The molecule has 0 saturated carbocycles. The average Bonchev–Trinajstić information content (AvgIpc) is 2.36. The van der Waals surface area contributed by atoms with Crippen LogP contribution in [0, 0.1) is 13.8 Å². The Hall–Kier alpha value is -1.79.